The van der Waals surface area contributed by atoms with Crippen LogP contribution in [0.1, 0.15) is 53.2 Å². The third kappa shape index (κ3) is 5.71. The van der Waals surface area contributed by atoms with Crippen molar-refractivity contribution in [3.8, 4) is 0 Å². The second-order valence-corrected chi connectivity index (χ2v) is 9.96. The molecule has 1 saturated heterocycles. The molecule has 1 fully saturated rings. The first kappa shape index (κ1) is 24.3. The van der Waals surface area contributed by atoms with E-state index in [1.165, 1.54) is 41.6 Å². The largest absolute Gasteiger partial charge is 0.337 e. The topological polar surface area (TPSA) is 26.8 Å². The molecule has 0 aromatic heterocycles. The van der Waals surface area contributed by atoms with Gasteiger partial charge in [-0.25, -0.2) is 0 Å². The molecule has 0 spiro atoms. The van der Waals surface area contributed by atoms with Crippen LogP contribution in [-0.4, -0.2) is 48.4 Å². The third-order valence-corrected chi connectivity index (χ3v) is 7.36. The molecular formula is C32H37N3O. The highest BCUT2D eigenvalue weighted by Gasteiger charge is 2.21. The second-order valence-electron chi connectivity index (χ2n) is 9.96. The van der Waals surface area contributed by atoms with Crippen molar-refractivity contribution in [3.63, 3.8) is 0 Å². The minimum absolute atomic E-state index is 0.141. The van der Waals surface area contributed by atoms with E-state index in [0.717, 1.165) is 56.9 Å². The molecule has 0 N–H and O–H groups in total. The fourth-order valence-electron chi connectivity index (χ4n) is 5.25. The van der Waals surface area contributed by atoms with Crippen LogP contribution >= 0.6 is 0 Å². The maximum absolute atomic E-state index is 13.3. The molecule has 3 aromatic rings. The standard InChI is InChI=1S/C32H37N3O/c1-2-3-8-26-12-14-27(15-13-26)25-33-20-7-21-34(24-23-33)32(36)29-16-18-30(19-17-29)35-22-6-10-28-9-4-5-11-31(28)35/h4-6,9-19H,2-3,7-8,20-25H2,1H3. The van der Waals surface area contributed by atoms with Crippen LogP contribution in [0.5, 0.6) is 0 Å². The monoisotopic (exact) mass is 479 g/mol. The maximum Gasteiger partial charge on any atom is 0.253 e. The summed E-state index contributed by atoms with van der Waals surface area (Å²) in [7, 11) is 0. The van der Waals surface area contributed by atoms with E-state index in [0.29, 0.717) is 0 Å². The smallest absolute Gasteiger partial charge is 0.253 e. The first-order valence-corrected chi connectivity index (χ1v) is 13.4. The molecule has 4 nitrogen and oxygen atoms in total. The predicted molar refractivity (Wildman–Crippen MR) is 150 cm³/mol. The zero-order valence-electron chi connectivity index (χ0n) is 21.4. The summed E-state index contributed by atoms with van der Waals surface area (Å²) in [6.45, 7) is 7.57. The highest BCUT2D eigenvalue weighted by Crippen LogP contribution is 2.32. The van der Waals surface area contributed by atoms with E-state index in [9.17, 15) is 4.79 Å². The number of para-hydroxylation sites is 1. The second kappa shape index (κ2) is 11.6. The fourth-order valence-corrected chi connectivity index (χ4v) is 5.25. The lowest BCUT2D eigenvalue weighted by molar-refractivity contribution is 0.0761. The quantitative estimate of drug-likeness (QED) is 0.385. The average Bonchev–Trinajstić information content (AvgIpc) is 3.17. The van der Waals surface area contributed by atoms with Crippen molar-refractivity contribution in [3.05, 3.63) is 101 Å². The molecule has 2 aliphatic heterocycles. The zero-order chi connectivity index (χ0) is 24.7. The molecule has 36 heavy (non-hydrogen) atoms. The van der Waals surface area contributed by atoms with Gasteiger partial charge in [0.15, 0.2) is 0 Å². The van der Waals surface area contributed by atoms with E-state index < -0.39 is 0 Å². The van der Waals surface area contributed by atoms with Crippen molar-refractivity contribution < 1.29 is 4.79 Å². The molecule has 2 aliphatic rings. The number of benzene rings is 3. The Morgan fingerprint density at radius 2 is 1.61 bits per heavy atom. The van der Waals surface area contributed by atoms with Crippen molar-refractivity contribution in [1.82, 2.24) is 9.80 Å². The summed E-state index contributed by atoms with van der Waals surface area (Å²) in [4.78, 5) is 20.1. The number of carbonyl (C=O) groups excluding carboxylic acids is 1. The zero-order valence-corrected chi connectivity index (χ0v) is 21.4. The molecule has 186 valence electrons. The number of fused-ring (bicyclic) bond motifs is 1. The highest BCUT2D eigenvalue weighted by molar-refractivity contribution is 5.94. The van der Waals surface area contributed by atoms with Crippen LogP contribution in [-0.2, 0) is 13.0 Å². The summed E-state index contributed by atoms with van der Waals surface area (Å²) in [6, 6.07) is 25.7. The van der Waals surface area contributed by atoms with E-state index in [-0.39, 0.29) is 5.91 Å². The van der Waals surface area contributed by atoms with E-state index in [2.05, 4.69) is 89.5 Å². The van der Waals surface area contributed by atoms with Gasteiger partial charge in [0.1, 0.15) is 0 Å². The number of unbranched alkanes of at least 4 members (excludes halogenated alkanes) is 1. The summed E-state index contributed by atoms with van der Waals surface area (Å²) in [5, 5.41) is 0. The number of hydrogen-bond donors (Lipinski definition) is 0. The minimum atomic E-state index is 0.141. The molecule has 0 radical (unpaired) electrons. The van der Waals surface area contributed by atoms with E-state index in [1.54, 1.807) is 0 Å². The third-order valence-electron chi connectivity index (χ3n) is 7.36. The minimum Gasteiger partial charge on any atom is -0.337 e. The van der Waals surface area contributed by atoms with Crippen LogP contribution < -0.4 is 4.90 Å². The van der Waals surface area contributed by atoms with Crippen LogP contribution in [0.15, 0.2) is 78.9 Å². The molecule has 2 heterocycles. The number of amides is 1. The van der Waals surface area contributed by atoms with Crippen LogP contribution in [0, 0.1) is 0 Å². The number of aryl methyl sites for hydroxylation is 1. The van der Waals surface area contributed by atoms with Gasteiger partial charge in [0.05, 0.1) is 0 Å². The Labute approximate surface area is 215 Å². The molecule has 5 rings (SSSR count). The molecule has 0 bridgehead atoms. The van der Waals surface area contributed by atoms with Crippen LogP contribution in [0.25, 0.3) is 6.08 Å². The van der Waals surface area contributed by atoms with Crippen molar-refractivity contribution in [2.75, 3.05) is 37.6 Å². The molecule has 0 aliphatic carbocycles. The molecule has 0 atom stereocenters. The van der Waals surface area contributed by atoms with Gasteiger partial charge >= 0.3 is 0 Å². The van der Waals surface area contributed by atoms with Gasteiger partial charge in [-0.2, -0.15) is 0 Å². The molecular weight excluding hydrogens is 442 g/mol. The number of hydrogen-bond acceptors (Lipinski definition) is 3. The van der Waals surface area contributed by atoms with E-state index in [4.69, 9.17) is 0 Å². The first-order valence-electron chi connectivity index (χ1n) is 13.4. The lowest BCUT2D eigenvalue weighted by Crippen LogP contribution is -2.35. The van der Waals surface area contributed by atoms with Gasteiger partial charge in [-0.15, -0.1) is 0 Å². The Balaban J connectivity index is 1.18. The molecule has 0 unspecified atom stereocenters. The van der Waals surface area contributed by atoms with E-state index in [1.807, 2.05) is 17.0 Å². The van der Waals surface area contributed by atoms with Crippen molar-refractivity contribution in [2.45, 2.75) is 39.2 Å². The van der Waals surface area contributed by atoms with Gasteiger partial charge in [-0.3, -0.25) is 9.69 Å². The van der Waals surface area contributed by atoms with Gasteiger partial charge in [0, 0.05) is 56.2 Å². The van der Waals surface area contributed by atoms with Gasteiger partial charge in [0.25, 0.3) is 5.91 Å². The van der Waals surface area contributed by atoms with Gasteiger partial charge in [-0.05, 0) is 66.3 Å². The SMILES string of the molecule is CCCCc1ccc(CN2CCCN(C(=O)c3ccc(N4CC=Cc5ccccc54)cc3)CC2)cc1. The molecule has 3 aromatic carbocycles. The summed E-state index contributed by atoms with van der Waals surface area (Å²) >= 11 is 0. The normalized spacial score (nSPS) is 16.0. The van der Waals surface area contributed by atoms with Crippen molar-refractivity contribution >= 4 is 23.4 Å². The average molecular weight is 480 g/mol. The number of anilines is 2. The Morgan fingerprint density at radius 1 is 0.833 bits per heavy atom. The number of rotatable bonds is 7. The predicted octanol–water partition coefficient (Wildman–Crippen LogP) is 6.54. The summed E-state index contributed by atoms with van der Waals surface area (Å²) in [6.07, 6.45) is 9.03. The summed E-state index contributed by atoms with van der Waals surface area (Å²) < 4.78 is 0. The van der Waals surface area contributed by atoms with Gasteiger partial charge < -0.3 is 9.80 Å². The summed E-state index contributed by atoms with van der Waals surface area (Å²) in [5.74, 6) is 0.141. The van der Waals surface area contributed by atoms with Crippen molar-refractivity contribution in [1.29, 1.82) is 0 Å². The van der Waals surface area contributed by atoms with Gasteiger partial charge in [-0.1, -0.05) is 68.0 Å². The Hall–Kier alpha value is -3.37. The van der Waals surface area contributed by atoms with Crippen molar-refractivity contribution in [2.24, 2.45) is 0 Å². The van der Waals surface area contributed by atoms with Crippen LogP contribution in [0.2, 0.25) is 0 Å². The van der Waals surface area contributed by atoms with Crippen LogP contribution in [0.4, 0.5) is 11.4 Å². The Morgan fingerprint density at radius 3 is 2.42 bits per heavy atom. The fraction of sp³-hybridized carbons (Fsp3) is 0.344. The van der Waals surface area contributed by atoms with Crippen LogP contribution in [0.3, 0.4) is 0 Å². The van der Waals surface area contributed by atoms with Gasteiger partial charge in [0.2, 0.25) is 0 Å². The lowest BCUT2D eigenvalue weighted by Gasteiger charge is -2.28. The maximum atomic E-state index is 13.3. The highest BCUT2D eigenvalue weighted by atomic mass is 16.2. The summed E-state index contributed by atoms with van der Waals surface area (Å²) in [5.41, 5.74) is 7.12. The molecule has 1 amide bonds. The lowest BCUT2D eigenvalue weighted by atomic mass is 10.1. The Bertz CT molecular complexity index is 1180. The van der Waals surface area contributed by atoms with E-state index >= 15 is 0 Å². The Kier molecular flexibility index (Phi) is 7.82. The molecule has 0 saturated carbocycles. The first-order chi connectivity index (χ1) is 17.7. The molecule has 4 heteroatoms. The number of nitrogens with zero attached hydrogens (tertiary/aromatic N) is 3. The number of carbonyl (C=O) groups is 1.